The normalized spacial score (nSPS) is 12.4. The molecule has 1 amide bonds. The molecule has 0 saturated carbocycles. The van der Waals surface area contributed by atoms with Gasteiger partial charge in [0.1, 0.15) is 29.6 Å². The van der Waals surface area contributed by atoms with Crippen molar-refractivity contribution in [3.05, 3.63) is 46.5 Å². The lowest BCUT2D eigenvalue weighted by Crippen LogP contribution is -2.21. The molecule has 0 aromatic heterocycles. The molecule has 0 unspecified atom stereocenters. The van der Waals surface area contributed by atoms with Crippen molar-refractivity contribution < 1.29 is 23.7 Å². The zero-order valence-electron chi connectivity index (χ0n) is 15.3. The van der Waals surface area contributed by atoms with Gasteiger partial charge in [-0.1, -0.05) is 11.6 Å². The maximum absolute atomic E-state index is 12.7. The van der Waals surface area contributed by atoms with E-state index in [9.17, 15) is 4.79 Å². The van der Waals surface area contributed by atoms with Gasteiger partial charge in [0.15, 0.2) is 0 Å². The summed E-state index contributed by atoms with van der Waals surface area (Å²) in [5, 5.41) is 3.18. The van der Waals surface area contributed by atoms with E-state index in [1.54, 1.807) is 18.2 Å². The van der Waals surface area contributed by atoms with E-state index in [0.29, 0.717) is 40.1 Å². The summed E-state index contributed by atoms with van der Waals surface area (Å²) in [4.78, 5) is 12.7. The highest BCUT2D eigenvalue weighted by atomic mass is 35.5. The molecule has 0 atom stereocenters. The Hall–Kier alpha value is -2.86. The Kier molecular flexibility index (Phi) is 5.76. The number of methoxy groups -OCH3 is 2. The van der Waals surface area contributed by atoms with Crippen LogP contribution < -0.4 is 24.3 Å². The second-order valence-electron chi connectivity index (χ2n) is 5.73. The first-order chi connectivity index (χ1) is 13.0. The van der Waals surface area contributed by atoms with Crippen LogP contribution in [-0.2, 0) is 4.79 Å². The largest absolute Gasteiger partial charge is 0.495 e. The van der Waals surface area contributed by atoms with Gasteiger partial charge in [0.05, 0.1) is 37.1 Å². The molecule has 1 heterocycles. The van der Waals surface area contributed by atoms with Crippen LogP contribution in [0.4, 0.5) is 5.69 Å². The Labute approximate surface area is 162 Å². The first-order valence-corrected chi connectivity index (χ1v) is 8.76. The molecule has 0 saturated heterocycles. The smallest absolute Gasteiger partial charge is 0.255 e. The Balaban J connectivity index is 1.85. The third-order valence-corrected chi connectivity index (χ3v) is 4.31. The summed E-state index contributed by atoms with van der Waals surface area (Å²) in [6.45, 7) is 2.64. The minimum absolute atomic E-state index is 0.166. The number of fused-ring (bicyclic) bond motifs is 1. The van der Waals surface area contributed by atoms with Crippen LogP contribution in [0.5, 0.6) is 23.0 Å². The molecule has 1 aliphatic heterocycles. The average Bonchev–Trinajstić information content (AvgIpc) is 2.68. The lowest BCUT2D eigenvalue weighted by Gasteiger charge is -2.19. The molecule has 27 heavy (non-hydrogen) atoms. The van der Waals surface area contributed by atoms with Crippen molar-refractivity contribution in [3.63, 3.8) is 0 Å². The van der Waals surface area contributed by atoms with Crippen LogP contribution in [0.1, 0.15) is 12.5 Å². The molecule has 2 aromatic rings. The molecule has 1 N–H and O–H groups in total. The van der Waals surface area contributed by atoms with Crippen LogP contribution in [0.3, 0.4) is 0 Å². The average molecular weight is 390 g/mol. The third kappa shape index (κ3) is 4.11. The Bertz CT molecular complexity index is 894. The van der Waals surface area contributed by atoms with E-state index in [1.807, 2.05) is 25.1 Å². The fourth-order valence-corrected chi connectivity index (χ4v) is 2.94. The van der Waals surface area contributed by atoms with E-state index in [2.05, 4.69) is 5.32 Å². The third-order valence-electron chi connectivity index (χ3n) is 4.02. The van der Waals surface area contributed by atoms with Gasteiger partial charge in [-0.2, -0.15) is 0 Å². The second kappa shape index (κ2) is 8.22. The lowest BCUT2D eigenvalue weighted by molar-refractivity contribution is -0.113. The minimum Gasteiger partial charge on any atom is -0.495 e. The standard InChI is InChI=1S/C20H20ClNO5/c1-4-26-14-5-6-17-12(8-14)7-13(11-27-17)20(23)22-16-9-15(21)18(24-2)10-19(16)25-3/h5-10H,4,11H2,1-3H3,(H,22,23). The number of benzene rings is 2. The molecule has 6 nitrogen and oxygen atoms in total. The van der Waals surface area contributed by atoms with Crippen LogP contribution in [0.2, 0.25) is 5.02 Å². The fourth-order valence-electron chi connectivity index (χ4n) is 2.70. The number of rotatable bonds is 6. The van der Waals surface area contributed by atoms with Gasteiger partial charge in [-0.25, -0.2) is 0 Å². The summed E-state index contributed by atoms with van der Waals surface area (Å²) in [7, 11) is 3.02. The topological polar surface area (TPSA) is 66.0 Å². The number of amides is 1. The van der Waals surface area contributed by atoms with Gasteiger partial charge in [-0.05, 0) is 37.3 Å². The van der Waals surface area contributed by atoms with E-state index in [1.165, 1.54) is 14.2 Å². The molecule has 2 aromatic carbocycles. The predicted molar refractivity (Wildman–Crippen MR) is 104 cm³/mol. The van der Waals surface area contributed by atoms with Gasteiger partial charge in [0.2, 0.25) is 0 Å². The van der Waals surface area contributed by atoms with Crippen molar-refractivity contribution in [1.29, 1.82) is 0 Å². The summed E-state index contributed by atoms with van der Waals surface area (Å²) in [6, 6.07) is 8.72. The summed E-state index contributed by atoms with van der Waals surface area (Å²) in [5.41, 5.74) is 1.71. The monoisotopic (exact) mass is 389 g/mol. The van der Waals surface area contributed by atoms with Crippen LogP contribution in [0, 0.1) is 0 Å². The molecular formula is C20H20ClNO5. The zero-order chi connectivity index (χ0) is 19.4. The SMILES string of the molecule is CCOc1ccc2c(c1)C=C(C(=O)Nc1cc(Cl)c(OC)cc1OC)CO2. The molecule has 142 valence electrons. The van der Waals surface area contributed by atoms with Crippen LogP contribution in [0.25, 0.3) is 6.08 Å². The van der Waals surface area contributed by atoms with Crippen LogP contribution >= 0.6 is 11.6 Å². The fraction of sp³-hybridized carbons (Fsp3) is 0.250. The van der Waals surface area contributed by atoms with Gasteiger partial charge < -0.3 is 24.3 Å². The van der Waals surface area contributed by atoms with Gasteiger partial charge in [-0.3, -0.25) is 4.79 Å². The van der Waals surface area contributed by atoms with Gasteiger partial charge in [0.25, 0.3) is 5.91 Å². The molecule has 1 aliphatic rings. The lowest BCUT2D eigenvalue weighted by atomic mass is 10.1. The van der Waals surface area contributed by atoms with Gasteiger partial charge >= 0.3 is 0 Å². The number of carbonyl (C=O) groups excluding carboxylic acids is 1. The van der Waals surface area contributed by atoms with E-state index >= 15 is 0 Å². The van der Waals surface area contributed by atoms with Crippen LogP contribution in [-0.4, -0.2) is 33.3 Å². The van der Waals surface area contributed by atoms with Crippen molar-refractivity contribution in [1.82, 2.24) is 0 Å². The highest BCUT2D eigenvalue weighted by Crippen LogP contribution is 2.36. The highest BCUT2D eigenvalue weighted by molar-refractivity contribution is 6.32. The number of carbonyl (C=O) groups is 1. The highest BCUT2D eigenvalue weighted by Gasteiger charge is 2.20. The second-order valence-corrected chi connectivity index (χ2v) is 6.14. The van der Waals surface area contributed by atoms with Crippen LogP contribution in [0.15, 0.2) is 35.9 Å². The van der Waals surface area contributed by atoms with E-state index in [-0.39, 0.29) is 12.5 Å². The first-order valence-electron chi connectivity index (χ1n) is 8.38. The zero-order valence-corrected chi connectivity index (χ0v) is 16.1. The molecule has 0 spiro atoms. The molecule has 0 radical (unpaired) electrons. The minimum atomic E-state index is -0.304. The summed E-state index contributed by atoms with van der Waals surface area (Å²) in [6.07, 6.45) is 1.79. The van der Waals surface area contributed by atoms with E-state index < -0.39 is 0 Å². The Morgan fingerprint density at radius 3 is 2.67 bits per heavy atom. The maximum Gasteiger partial charge on any atom is 0.255 e. The molecule has 0 bridgehead atoms. The summed E-state index contributed by atoms with van der Waals surface area (Å²) < 4.78 is 21.7. The summed E-state index contributed by atoms with van der Waals surface area (Å²) >= 11 is 6.16. The maximum atomic E-state index is 12.7. The quantitative estimate of drug-likeness (QED) is 0.803. The Morgan fingerprint density at radius 1 is 1.19 bits per heavy atom. The molecule has 0 fully saturated rings. The number of nitrogens with one attached hydrogen (secondary N) is 1. The molecule has 7 heteroatoms. The van der Waals surface area contributed by atoms with E-state index in [0.717, 1.165) is 11.3 Å². The number of anilines is 1. The van der Waals surface area contributed by atoms with Gasteiger partial charge in [0, 0.05) is 11.6 Å². The summed E-state index contributed by atoms with van der Waals surface area (Å²) in [5.74, 6) is 2.04. The Morgan fingerprint density at radius 2 is 1.96 bits per heavy atom. The van der Waals surface area contributed by atoms with Crippen molar-refractivity contribution in [2.75, 3.05) is 32.8 Å². The number of halogens is 1. The van der Waals surface area contributed by atoms with Crippen molar-refractivity contribution in [3.8, 4) is 23.0 Å². The number of hydrogen-bond acceptors (Lipinski definition) is 5. The van der Waals surface area contributed by atoms with Gasteiger partial charge in [-0.15, -0.1) is 0 Å². The number of ether oxygens (including phenoxy) is 4. The molecule has 0 aliphatic carbocycles. The van der Waals surface area contributed by atoms with Crippen molar-refractivity contribution in [2.24, 2.45) is 0 Å². The van der Waals surface area contributed by atoms with E-state index in [4.69, 9.17) is 30.5 Å². The molecular weight excluding hydrogens is 370 g/mol. The van der Waals surface area contributed by atoms with Crippen molar-refractivity contribution >= 4 is 29.3 Å². The number of hydrogen-bond donors (Lipinski definition) is 1. The molecule has 3 rings (SSSR count). The van der Waals surface area contributed by atoms with Crippen molar-refractivity contribution in [2.45, 2.75) is 6.92 Å². The first kappa shape index (κ1) is 18.9. The predicted octanol–water partition coefficient (Wildman–Crippen LogP) is 4.17.